The molecule has 0 heterocycles. The lowest BCUT2D eigenvalue weighted by Crippen LogP contribution is -2.29. The molecule has 0 N–H and O–H groups in total. The second-order valence-corrected chi connectivity index (χ2v) is 15.1. The number of rotatable bonds is 5. The lowest BCUT2D eigenvalue weighted by molar-refractivity contribution is 0.302. The maximum absolute atomic E-state index is 5.62. The Balaban J connectivity index is 2.22. The van der Waals surface area contributed by atoms with Gasteiger partial charge in [-0.25, -0.2) is 0 Å². The fourth-order valence-electron chi connectivity index (χ4n) is 5.21. The maximum Gasteiger partial charge on any atom is 0.0428 e. The summed E-state index contributed by atoms with van der Waals surface area (Å²) in [6, 6.07) is 0.498. The maximum atomic E-state index is 5.62. The molecule has 0 amide bonds. The Hall–Kier alpha value is 0.230. The van der Waals surface area contributed by atoms with E-state index in [1.165, 1.54) is 63.7 Å². The molecule has 0 atom stereocenters. The van der Waals surface area contributed by atoms with Crippen molar-refractivity contribution in [3.8, 4) is 0 Å². The van der Waals surface area contributed by atoms with E-state index in [0.717, 1.165) is 23.7 Å². The van der Waals surface area contributed by atoms with Crippen LogP contribution in [0.3, 0.4) is 0 Å². The van der Waals surface area contributed by atoms with E-state index in [4.69, 9.17) is 4.74 Å². The minimum absolute atomic E-state index is 0.378. The van der Waals surface area contributed by atoms with Gasteiger partial charge in [-0.15, -0.1) is 0 Å². The van der Waals surface area contributed by atoms with Crippen LogP contribution in [0, 0.1) is 23.7 Å². The highest BCUT2D eigenvalue weighted by Gasteiger charge is 2.39. The van der Waals surface area contributed by atoms with E-state index in [1.807, 2.05) is 0 Å². The number of hydrogen-bond donors (Lipinski definition) is 0. The topological polar surface area (TPSA) is 12.4 Å². The average molecular weight is 368 g/mol. The van der Waals surface area contributed by atoms with Crippen molar-refractivity contribution in [2.75, 3.05) is 12.3 Å². The summed E-state index contributed by atoms with van der Waals surface area (Å²) in [7, 11) is -1.29. The molecule has 2 aliphatic rings. The van der Waals surface area contributed by atoms with Crippen LogP contribution < -0.4 is 0 Å². The SMILES string of the molecule is CC1CCC(CP(CC2CCC(C)CC2)(=NC(C)C)C(C)(C)C)CC1. The molecule has 0 aromatic heterocycles. The minimum Gasteiger partial charge on any atom is -0.300 e. The molecule has 0 aliphatic heterocycles. The molecule has 2 rings (SSSR count). The highest BCUT2D eigenvalue weighted by atomic mass is 31.2. The van der Waals surface area contributed by atoms with Crippen LogP contribution >= 0.6 is 7.05 Å². The monoisotopic (exact) mass is 367 g/mol. The van der Waals surface area contributed by atoms with Gasteiger partial charge in [0.15, 0.2) is 0 Å². The molecular weight excluding hydrogens is 321 g/mol. The third-order valence-electron chi connectivity index (χ3n) is 7.09. The Morgan fingerprint density at radius 3 is 1.40 bits per heavy atom. The molecule has 25 heavy (non-hydrogen) atoms. The largest absolute Gasteiger partial charge is 0.300 e. The van der Waals surface area contributed by atoms with Gasteiger partial charge in [0.05, 0.1) is 0 Å². The Kier molecular flexibility index (Phi) is 7.70. The summed E-state index contributed by atoms with van der Waals surface area (Å²) in [4.78, 5) is 0. The van der Waals surface area contributed by atoms with Gasteiger partial charge < -0.3 is 0 Å². The van der Waals surface area contributed by atoms with Crippen LogP contribution in [0.2, 0.25) is 0 Å². The normalized spacial score (nSPS) is 33.9. The van der Waals surface area contributed by atoms with Crippen molar-refractivity contribution in [1.82, 2.24) is 0 Å². The van der Waals surface area contributed by atoms with E-state index in [-0.39, 0.29) is 0 Å². The molecule has 0 aromatic carbocycles. The quantitative estimate of drug-likeness (QED) is 0.436. The molecule has 2 saturated carbocycles. The second-order valence-electron chi connectivity index (χ2n) is 10.9. The zero-order chi connectivity index (χ0) is 18.7. The van der Waals surface area contributed by atoms with Crippen molar-refractivity contribution >= 4 is 7.05 Å². The summed E-state index contributed by atoms with van der Waals surface area (Å²) in [5.41, 5.74) is 0. The van der Waals surface area contributed by atoms with E-state index in [9.17, 15) is 0 Å². The van der Waals surface area contributed by atoms with Gasteiger partial charge in [0.25, 0.3) is 0 Å². The molecule has 0 saturated heterocycles. The standard InChI is InChI=1S/C23H46NP/c1-18(2)24-25(23(5,6)7,16-21-12-8-19(3)9-13-21)17-22-14-10-20(4)11-15-22/h18-22H,8-17H2,1-7H3. The summed E-state index contributed by atoms with van der Waals surface area (Å²) in [6.07, 6.45) is 14.6. The molecule has 0 unspecified atom stereocenters. The molecule has 2 heteroatoms. The van der Waals surface area contributed by atoms with Crippen molar-refractivity contribution in [3.63, 3.8) is 0 Å². The first-order valence-corrected chi connectivity index (χ1v) is 13.3. The Bertz CT molecular complexity index is 415. The van der Waals surface area contributed by atoms with Crippen LogP contribution in [-0.4, -0.2) is 23.5 Å². The summed E-state index contributed by atoms with van der Waals surface area (Å²) >= 11 is 0. The van der Waals surface area contributed by atoms with Crippen LogP contribution in [-0.2, 0) is 0 Å². The molecule has 0 bridgehead atoms. The van der Waals surface area contributed by atoms with Gasteiger partial charge in [0, 0.05) is 6.04 Å². The average Bonchev–Trinajstić information content (AvgIpc) is 2.50. The zero-order valence-corrected chi connectivity index (χ0v) is 19.2. The number of hydrogen-bond acceptors (Lipinski definition) is 1. The first-order valence-electron chi connectivity index (χ1n) is 11.2. The van der Waals surface area contributed by atoms with E-state index in [0.29, 0.717) is 11.2 Å². The van der Waals surface area contributed by atoms with Crippen molar-refractivity contribution in [3.05, 3.63) is 0 Å². The van der Waals surface area contributed by atoms with Crippen LogP contribution in [0.15, 0.2) is 4.74 Å². The van der Waals surface area contributed by atoms with Crippen LogP contribution in [0.4, 0.5) is 0 Å². The predicted molar refractivity (Wildman–Crippen MR) is 116 cm³/mol. The molecule has 0 radical (unpaired) electrons. The van der Waals surface area contributed by atoms with Crippen molar-refractivity contribution in [2.45, 2.75) is 111 Å². The molecule has 0 aromatic rings. The predicted octanol–water partition coefficient (Wildman–Crippen LogP) is 8.05. The van der Waals surface area contributed by atoms with E-state index in [2.05, 4.69) is 48.5 Å². The van der Waals surface area contributed by atoms with Crippen molar-refractivity contribution < 1.29 is 0 Å². The fourth-order valence-corrected chi connectivity index (χ4v) is 10.3. The van der Waals surface area contributed by atoms with E-state index < -0.39 is 7.05 Å². The summed E-state index contributed by atoms with van der Waals surface area (Å²) < 4.78 is 5.62. The minimum atomic E-state index is -1.29. The lowest BCUT2D eigenvalue weighted by Gasteiger charge is -2.44. The van der Waals surface area contributed by atoms with Crippen LogP contribution in [0.25, 0.3) is 0 Å². The van der Waals surface area contributed by atoms with Gasteiger partial charge >= 0.3 is 0 Å². The summed E-state index contributed by atoms with van der Waals surface area (Å²) in [5.74, 6) is 3.82. The van der Waals surface area contributed by atoms with Crippen LogP contribution in [0.5, 0.6) is 0 Å². The molecule has 0 spiro atoms. The number of nitrogens with zero attached hydrogens (tertiary/aromatic N) is 1. The molecular formula is C23H46NP. The van der Waals surface area contributed by atoms with Gasteiger partial charge in [-0.05, 0) is 87.7 Å². The van der Waals surface area contributed by atoms with Gasteiger partial charge in [-0.2, -0.15) is 0 Å². The van der Waals surface area contributed by atoms with E-state index >= 15 is 0 Å². The zero-order valence-electron chi connectivity index (χ0n) is 18.4. The summed E-state index contributed by atoms with van der Waals surface area (Å²) in [6.45, 7) is 17.1. The smallest absolute Gasteiger partial charge is 0.0428 e. The first kappa shape index (κ1) is 21.5. The Labute approximate surface area is 159 Å². The third-order valence-corrected chi connectivity index (χ3v) is 12.7. The second kappa shape index (κ2) is 8.95. The third kappa shape index (κ3) is 6.12. The van der Waals surface area contributed by atoms with Crippen molar-refractivity contribution in [1.29, 1.82) is 0 Å². The molecule has 148 valence electrons. The van der Waals surface area contributed by atoms with Gasteiger partial charge in [0.2, 0.25) is 0 Å². The highest BCUT2D eigenvalue weighted by molar-refractivity contribution is 7.67. The Morgan fingerprint density at radius 2 is 1.12 bits per heavy atom. The fraction of sp³-hybridized carbons (Fsp3) is 1.00. The lowest BCUT2D eigenvalue weighted by atomic mass is 9.84. The van der Waals surface area contributed by atoms with E-state index in [1.54, 1.807) is 0 Å². The Morgan fingerprint density at radius 1 is 0.760 bits per heavy atom. The van der Waals surface area contributed by atoms with Crippen LogP contribution in [0.1, 0.15) is 99.8 Å². The summed E-state index contributed by atoms with van der Waals surface area (Å²) in [5, 5.41) is 0.378. The van der Waals surface area contributed by atoms with Crippen molar-refractivity contribution in [2.24, 2.45) is 28.4 Å². The first-order chi connectivity index (χ1) is 11.6. The van der Waals surface area contributed by atoms with Gasteiger partial charge in [0.1, 0.15) is 0 Å². The molecule has 2 fully saturated rings. The molecule has 1 nitrogen and oxygen atoms in total. The highest BCUT2D eigenvalue weighted by Crippen LogP contribution is 2.65. The van der Waals surface area contributed by atoms with Gasteiger partial charge in [-0.1, -0.05) is 60.3 Å². The molecule has 2 aliphatic carbocycles. The van der Waals surface area contributed by atoms with Gasteiger partial charge in [-0.3, -0.25) is 4.74 Å².